The topological polar surface area (TPSA) is 60.7 Å². The third-order valence-corrected chi connectivity index (χ3v) is 9.45. The molecule has 3 N–H and O–H groups in total. The summed E-state index contributed by atoms with van der Waals surface area (Å²) in [4.78, 5) is 0. The largest absolute Gasteiger partial charge is 0.393 e. The van der Waals surface area contributed by atoms with Gasteiger partial charge in [-0.05, 0) is 92.6 Å². The molecule has 0 radical (unpaired) electrons. The second-order valence-corrected chi connectivity index (χ2v) is 11.6. The highest BCUT2D eigenvalue weighted by atomic mass is 16.3. The molecule has 4 fully saturated rings. The van der Waals surface area contributed by atoms with E-state index in [-0.39, 0.29) is 11.5 Å². The molecule has 0 aromatic rings. The molecule has 0 bridgehead atoms. The standard InChI is InChI=1S/C30H44O3/c1-5-14-30(16-17-30)28(33)13-8-20(2)25-11-12-26-22(7-6-15-29(25,26)4)9-10-23-18-24(31)19-27(32)21(23)3/h5,8-10,13-14,20,24-28,31-33H,3,6-7,11-12,15-19H2,1-2,4H3/t20-,24-,25-,26+,27+,28-,29-/m1/s1. The van der Waals surface area contributed by atoms with Crippen molar-refractivity contribution in [1.29, 1.82) is 0 Å². The van der Waals surface area contributed by atoms with Crippen LogP contribution in [0.1, 0.15) is 78.6 Å². The van der Waals surface area contributed by atoms with Gasteiger partial charge in [0.05, 0.1) is 18.3 Å². The Morgan fingerprint density at radius 3 is 2.55 bits per heavy atom. The number of allylic oxidation sites excluding steroid dienone is 5. The highest BCUT2D eigenvalue weighted by Gasteiger charge is 2.50. The van der Waals surface area contributed by atoms with Gasteiger partial charge >= 0.3 is 0 Å². The molecule has 33 heavy (non-hydrogen) atoms. The zero-order valence-electron chi connectivity index (χ0n) is 20.8. The van der Waals surface area contributed by atoms with Crippen molar-refractivity contribution in [2.24, 2.45) is 28.6 Å². The fraction of sp³-hybridized carbons (Fsp3) is 0.667. The summed E-state index contributed by atoms with van der Waals surface area (Å²) in [5, 5.41) is 31.0. The van der Waals surface area contributed by atoms with Gasteiger partial charge in [-0.25, -0.2) is 0 Å². The van der Waals surface area contributed by atoms with Crippen LogP contribution in [0.2, 0.25) is 0 Å². The molecule has 182 valence electrons. The first kappa shape index (κ1) is 24.7. The average Bonchev–Trinajstić information content (AvgIpc) is 3.47. The monoisotopic (exact) mass is 452 g/mol. The zero-order valence-corrected chi connectivity index (χ0v) is 20.8. The summed E-state index contributed by atoms with van der Waals surface area (Å²) < 4.78 is 0. The maximum Gasteiger partial charge on any atom is 0.0811 e. The van der Waals surface area contributed by atoms with Crippen molar-refractivity contribution in [2.45, 2.75) is 96.9 Å². The molecule has 4 rings (SSSR count). The quantitative estimate of drug-likeness (QED) is 0.431. The van der Waals surface area contributed by atoms with Gasteiger partial charge in [0.2, 0.25) is 0 Å². The van der Waals surface area contributed by atoms with E-state index in [1.807, 2.05) is 6.92 Å². The molecule has 3 heteroatoms. The first-order chi connectivity index (χ1) is 15.7. The molecule has 0 aromatic carbocycles. The molecule has 0 saturated heterocycles. The van der Waals surface area contributed by atoms with Crippen molar-refractivity contribution in [2.75, 3.05) is 0 Å². The van der Waals surface area contributed by atoms with Crippen molar-refractivity contribution >= 4 is 0 Å². The van der Waals surface area contributed by atoms with Gasteiger partial charge in [-0.3, -0.25) is 0 Å². The van der Waals surface area contributed by atoms with Crippen molar-refractivity contribution < 1.29 is 15.3 Å². The summed E-state index contributed by atoms with van der Waals surface area (Å²) in [6.07, 6.45) is 20.8. The van der Waals surface area contributed by atoms with Gasteiger partial charge in [-0.2, -0.15) is 0 Å². The van der Waals surface area contributed by atoms with E-state index in [1.54, 1.807) is 0 Å². The molecular weight excluding hydrogens is 408 g/mol. The van der Waals surface area contributed by atoms with E-state index >= 15 is 0 Å². The second kappa shape index (κ2) is 9.68. The van der Waals surface area contributed by atoms with E-state index in [9.17, 15) is 15.3 Å². The molecule has 0 unspecified atom stereocenters. The normalized spacial score (nSPS) is 40.6. The SMILES string of the molecule is C=C1C(=CC=C2CCC[C@]3(C)[C@@H]([C@H](C)C=C[C@@H](O)C4(C=CC)CC4)CC[C@@H]23)C[C@@H](O)C[C@@H]1O. The molecule has 7 atom stereocenters. The molecule has 3 nitrogen and oxygen atoms in total. The summed E-state index contributed by atoms with van der Waals surface area (Å²) in [6.45, 7) is 10.9. The molecule has 0 aliphatic heterocycles. The Hall–Kier alpha value is -1.42. The Kier molecular flexibility index (Phi) is 7.24. The Bertz CT molecular complexity index is 858. The fourth-order valence-corrected chi connectivity index (χ4v) is 7.25. The van der Waals surface area contributed by atoms with E-state index in [0.29, 0.717) is 36.0 Å². The van der Waals surface area contributed by atoms with Crippen molar-refractivity contribution in [3.8, 4) is 0 Å². The number of rotatable bonds is 6. The Morgan fingerprint density at radius 2 is 1.85 bits per heavy atom. The van der Waals surface area contributed by atoms with Crippen LogP contribution < -0.4 is 0 Å². The van der Waals surface area contributed by atoms with Gasteiger partial charge in [0.25, 0.3) is 0 Å². The molecule has 4 aliphatic rings. The lowest BCUT2D eigenvalue weighted by atomic mass is 9.61. The predicted molar refractivity (Wildman–Crippen MR) is 136 cm³/mol. The van der Waals surface area contributed by atoms with Gasteiger partial charge in [0.1, 0.15) is 0 Å². The van der Waals surface area contributed by atoms with Crippen LogP contribution in [0.3, 0.4) is 0 Å². The van der Waals surface area contributed by atoms with Gasteiger partial charge in [0.15, 0.2) is 0 Å². The highest BCUT2D eigenvalue weighted by molar-refractivity contribution is 5.38. The van der Waals surface area contributed by atoms with Gasteiger partial charge in [0, 0.05) is 11.8 Å². The minimum atomic E-state index is -0.628. The zero-order chi connectivity index (χ0) is 23.8. The first-order valence-corrected chi connectivity index (χ1v) is 13.2. The summed E-state index contributed by atoms with van der Waals surface area (Å²) in [7, 11) is 0. The number of aliphatic hydroxyl groups is 3. The van der Waals surface area contributed by atoms with Crippen LogP contribution in [-0.4, -0.2) is 33.6 Å². The van der Waals surface area contributed by atoms with E-state index in [4.69, 9.17) is 0 Å². The molecule has 0 spiro atoms. The van der Waals surface area contributed by atoms with Crippen molar-refractivity contribution in [1.82, 2.24) is 0 Å². The third-order valence-electron chi connectivity index (χ3n) is 9.45. The minimum absolute atomic E-state index is 0.00832. The lowest BCUT2D eigenvalue weighted by Gasteiger charge is -2.44. The smallest absolute Gasteiger partial charge is 0.0811 e. The maximum absolute atomic E-state index is 10.8. The molecule has 4 saturated carbocycles. The summed E-state index contributed by atoms with van der Waals surface area (Å²) in [5.41, 5.74) is 3.58. The van der Waals surface area contributed by atoms with Crippen LogP contribution >= 0.6 is 0 Å². The number of hydrogen-bond acceptors (Lipinski definition) is 3. The summed E-state index contributed by atoms with van der Waals surface area (Å²) in [5.74, 6) is 1.68. The fourth-order valence-electron chi connectivity index (χ4n) is 7.25. The average molecular weight is 453 g/mol. The lowest BCUT2D eigenvalue weighted by Crippen LogP contribution is -2.35. The maximum atomic E-state index is 10.8. The lowest BCUT2D eigenvalue weighted by molar-refractivity contribution is 0.0862. The van der Waals surface area contributed by atoms with Crippen LogP contribution in [0.4, 0.5) is 0 Å². The second-order valence-electron chi connectivity index (χ2n) is 11.6. The number of aliphatic hydroxyl groups excluding tert-OH is 3. The molecule has 0 amide bonds. The van der Waals surface area contributed by atoms with E-state index < -0.39 is 12.2 Å². The molecule has 0 aromatic heterocycles. The van der Waals surface area contributed by atoms with E-state index in [1.165, 1.54) is 31.3 Å². The molecule has 0 heterocycles. The highest BCUT2D eigenvalue weighted by Crippen LogP contribution is 2.59. The van der Waals surface area contributed by atoms with Crippen molar-refractivity contribution in [3.05, 3.63) is 59.8 Å². The minimum Gasteiger partial charge on any atom is -0.393 e. The predicted octanol–water partition coefficient (Wildman–Crippen LogP) is 6.04. The van der Waals surface area contributed by atoms with Crippen LogP contribution in [0.15, 0.2) is 59.8 Å². The number of hydrogen-bond donors (Lipinski definition) is 3. The van der Waals surface area contributed by atoms with Gasteiger partial charge < -0.3 is 15.3 Å². The van der Waals surface area contributed by atoms with E-state index in [0.717, 1.165) is 30.4 Å². The summed E-state index contributed by atoms with van der Waals surface area (Å²) in [6, 6.07) is 0. The molecule has 4 aliphatic carbocycles. The van der Waals surface area contributed by atoms with Crippen LogP contribution in [0.5, 0.6) is 0 Å². The Morgan fingerprint density at radius 1 is 1.09 bits per heavy atom. The van der Waals surface area contributed by atoms with Gasteiger partial charge in [-0.1, -0.05) is 62.5 Å². The third kappa shape index (κ3) is 4.88. The van der Waals surface area contributed by atoms with Crippen LogP contribution in [-0.2, 0) is 0 Å². The summed E-state index contributed by atoms with van der Waals surface area (Å²) >= 11 is 0. The number of fused-ring (bicyclic) bond motifs is 1. The Labute approximate surface area is 200 Å². The Balaban J connectivity index is 1.47. The van der Waals surface area contributed by atoms with Crippen LogP contribution in [0.25, 0.3) is 0 Å². The van der Waals surface area contributed by atoms with Crippen LogP contribution in [0, 0.1) is 28.6 Å². The first-order valence-electron chi connectivity index (χ1n) is 13.2. The van der Waals surface area contributed by atoms with Crippen molar-refractivity contribution in [3.63, 3.8) is 0 Å². The van der Waals surface area contributed by atoms with E-state index in [2.05, 4.69) is 56.9 Å². The van der Waals surface area contributed by atoms with Gasteiger partial charge in [-0.15, -0.1) is 0 Å². The molecular formula is C30H44O3.